The lowest BCUT2D eigenvalue weighted by atomic mass is 9.64. The van der Waals surface area contributed by atoms with Gasteiger partial charge in [-0.05, 0) is 44.4 Å². The molecular weight excluding hydrogens is 228 g/mol. The molecule has 2 saturated heterocycles. The molecule has 100 valence electrons. The summed E-state index contributed by atoms with van der Waals surface area (Å²) in [7, 11) is 0. The van der Waals surface area contributed by atoms with E-state index in [4.69, 9.17) is 4.74 Å². The highest BCUT2D eigenvalue weighted by Gasteiger charge is 2.60. The Morgan fingerprint density at radius 3 is 2.78 bits per heavy atom. The maximum absolute atomic E-state index is 11.9. The number of aliphatic carboxylic acids is 1. The molecule has 0 saturated carbocycles. The van der Waals surface area contributed by atoms with Crippen molar-refractivity contribution >= 4 is 5.97 Å². The summed E-state index contributed by atoms with van der Waals surface area (Å²) >= 11 is 0. The molecule has 1 N–H and O–H groups in total. The quantitative estimate of drug-likeness (QED) is 0.766. The van der Waals surface area contributed by atoms with E-state index >= 15 is 0 Å². The average Bonchev–Trinajstić information content (AvgIpc) is 2.88. The van der Waals surface area contributed by atoms with Crippen molar-refractivity contribution in [2.24, 2.45) is 11.3 Å². The molecule has 3 rings (SSSR count). The lowest BCUT2D eigenvalue weighted by molar-refractivity contribution is -0.155. The van der Waals surface area contributed by atoms with Crippen LogP contribution in [0.2, 0.25) is 0 Å². The largest absolute Gasteiger partial charge is 0.481 e. The van der Waals surface area contributed by atoms with Gasteiger partial charge in [0.05, 0.1) is 12.2 Å². The summed E-state index contributed by atoms with van der Waals surface area (Å²) in [5.41, 5.74) is -0.628. The number of rotatable bonds is 2. The molecule has 0 amide bonds. The van der Waals surface area contributed by atoms with Gasteiger partial charge in [-0.1, -0.05) is 25.0 Å². The van der Waals surface area contributed by atoms with Gasteiger partial charge in [0.1, 0.15) is 5.41 Å². The molecule has 3 aliphatic rings. The molecule has 0 radical (unpaired) electrons. The first-order valence-corrected chi connectivity index (χ1v) is 7.29. The van der Waals surface area contributed by atoms with Crippen LogP contribution in [0.25, 0.3) is 0 Å². The highest BCUT2D eigenvalue weighted by atomic mass is 16.5. The Balaban J connectivity index is 1.89. The summed E-state index contributed by atoms with van der Waals surface area (Å²) in [5.74, 6) is -0.462. The third-order valence-corrected chi connectivity index (χ3v) is 5.06. The zero-order valence-corrected chi connectivity index (χ0v) is 10.8. The molecule has 1 aliphatic carbocycles. The van der Waals surface area contributed by atoms with Crippen molar-refractivity contribution in [3.8, 4) is 0 Å². The van der Waals surface area contributed by atoms with Gasteiger partial charge < -0.3 is 9.84 Å². The van der Waals surface area contributed by atoms with Crippen molar-refractivity contribution in [3.05, 3.63) is 12.2 Å². The first-order chi connectivity index (χ1) is 8.73. The monoisotopic (exact) mass is 250 g/mol. The molecule has 0 spiro atoms. The molecule has 4 unspecified atom stereocenters. The Hall–Kier alpha value is -0.830. The van der Waals surface area contributed by atoms with Crippen LogP contribution in [0.4, 0.5) is 0 Å². The van der Waals surface area contributed by atoms with Gasteiger partial charge in [-0.25, -0.2) is 0 Å². The number of hydrogen-bond acceptors (Lipinski definition) is 2. The molecule has 0 aromatic rings. The smallest absolute Gasteiger partial charge is 0.312 e. The lowest BCUT2D eigenvalue weighted by Crippen LogP contribution is -2.46. The van der Waals surface area contributed by atoms with Gasteiger partial charge in [0.25, 0.3) is 0 Å². The van der Waals surface area contributed by atoms with Crippen molar-refractivity contribution in [2.75, 3.05) is 0 Å². The molecule has 2 heterocycles. The molecule has 2 aliphatic heterocycles. The number of carboxylic acid groups (broad SMARTS) is 1. The summed E-state index contributed by atoms with van der Waals surface area (Å²) in [6.45, 7) is 0. The van der Waals surface area contributed by atoms with Gasteiger partial charge in [0, 0.05) is 0 Å². The number of ether oxygens (including phenoxy) is 1. The Bertz CT molecular complexity index is 363. The molecule has 2 fully saturated rings. The predicted molar refractivity (Wildman–Crippen MR) is 68.3 cm³/mol. The van der Waals surface area contributed by atoms with E-state index in [0.29, 0.717) is 0 Å². The average molecular weight is 250 g/mol. The van der Waals surface area contributed by atoms with Gasteiger partial charge in [0.15, 0.2) is 0 Å². The van der Waals surface area contributed by atoms with E-state index < -0.39 is 11.4 Å². The van der Waals surface area contributed by atoms with Crippen LogP contribution >= 0.6 is 0 Å². The van der Waals surface area contributed by atoms with Crippen molar-refractivity contribution in [1.29, 1.82) is 0 Å². The van der Waals surface area contributed by atoms with Crippen molar-refractivity contribution in [2.45, 2.75) is 63.6 Å². The van der Waals surface area contributed by atoms with Crippen LogP contribution in [0.5, 0.6) is 0 Å². The first kappa shape index (κ1) is 12.2. The zero-order valence-electron chi connectivity index (χ0n) is 10.8. The molecule has 2 bridgehead atoms. The van der Waals surface area contributed by atoms with Crippen LogP contribution < -0.4 is 0 Å². The van der Waals surface area contributed by atoms with Crippen molar-refractivity contribution in [1.82, 2.24) is 0 Å². The van der Waals surface area contributed by atoms with Crippen LogP contribution in [0.1, 0.15) is 51.4 Å². The number of hydrogen-bond donors (Lipinski definition) is 1. The van der Waals surface area contributed by atoms with E-state index in [1.165, 1.54) is 12.8 Å². The number of allylic oxidation sites excluding steroid dienone is 2. The van der Waals surface area contributed by atoms with E-state index in [-0.39, 0.29) is 18.1 Å². The third kappa shape index (κ3) is 1.80. The van der Waals surface area contributed by atoms with E-state index in [9.17, 15) is 9.90 Å². The van der Waals surface area contributed by atoms with Gasteiger partial charge in [0.2, 0.25) is 0 Å². The Kier molecular flexibility index (Phi) is 3.18. The second-order valence-corrected chi connectivity index (χ2v) is 6.05. The standard InChI is InChI=1S/C15H22O3/c16-14(17)15(10-12-8-9-13(15)18-12)11-6-4-2-1-3-5-7-11/h4,6,11-13H,1-3,5,7-10H2,(H,16,17)/b6-4+. The molecule has 4 atom stereocenters. The predicted octanol–water partition coefficient (Wildman–Crippen LogP) is 3.15. The zero-order chi connectivity index (χ0) is 12.6. The highest BCUT2D eigenvalue weighted by Crippen LogP contribution is 2.54. The molecule has 18 heavy (non-hydrogen) atoms. The van der Waals surface area contributed by atoms with Crippen LogP contribution in [-0.2, 0) is 9.53 Å². The van der Waals surface area contributed by atoms with Crippen molar-refractivity contribution < 1.29 is 14.6 Å². The highest BCUT2D eigenvalue weighted by molar-refractivity contribution is 5.77. The number of carboxylic acids is 1. The molecule has 0 aromatic heterocycles. The molecular formula is C15H22O3. The number of carbonyl (C=O) groups is 1. The number of fused-ring (bicyclic) bond motifs is 2. The minimum atomic E-state index is -0.634. The molecule has 0 aromatic carbocycles. The van der Waals surface area contributed by atoms with E-state index in [1.54, 1.807) is 0 Å². The maximum Gasteiger partial charge on any atom is 0.312 e. The van der Waals surface area contributed by atoms with Crippen LogP contribution in [0, 0.1) is 11.3 Å². The summed E-state index contributed by atoms with van der Waals surface area (Å²) in [5, 5.41) is 9.79. The fourth-order valence-electron chi connectivity index (χ4n) is 4.11. The summed E-state index contributed by atoms with van der Waals surface area (Å²) in [4.78, 5) is 11.9. The minimum Gasteiger partial charge on any atom is -0.481 e. The van der Waals surface area contributed by atoms with Crippen LogP contribution in [-0.4, -0.2) is 23.3 Å². The molecule has 3 heteroatoms. The summed E-state index contributed by atoms with van der Waals surface area (Å²) in [6.07, 6.45) is 13.0. The van der Waals surface area contributed by atoms with Gasteiger partial charge in [-0.3, -0.25) is 4.79 Å². The fraction of sp³-hybridized carbons (Fsp3) is 0.800. The second kappa shape index (κ2) is 4.69. The maximum atomic E-state index is 11.9. The molecule has 3 nitrogen and oxygen atoms in total. The van der Waals surface area contributed by atoms with E-state index in [0.717, 1.165) is 38.5 Å². The first-order valence-electron chi connectivity index (χ1n) is 7.29. The second-order valence-electron chi connectivity index (χ2n) is 6.05. The SMILES string of the molecule is O=C(O)C1(C2/C=C/CCCCC2)CC2CCC1O2. The lowest BCUT2D eigenvalue weighted by Gasteiger charge is -2.37. The Labute approximate surface area is 108 Å². The third-order valence-electron chi connectivity index (χ3n) is 5.06. The van der Waals surface area contributed by atoms with Gasteiger partial charge in [-0.15, -0.1) is 0 Å². The van der Waals surface area contributed by atoms with Gasteiger partial charge in [-0.2, -0.15) is 0 Å². The Morgan fingerprint density at radius 2 is 2.11 bits per heavy atom. The normalized spacial score (nSPS) is 45.4. The van der Waals surface area contributed by atoms with E-state index in [1.807, 2.05) is 0 Å². The van der Waals surface area contributed by atoms with Crippen LogP contribution in [0.3, 0.4) is 0 Å². The van der Waals surface area contributed by atoms with Crippen molar-refractivity contribution in [3.63, 3.8) is 0 Å². The van der Waals surface area contributed by atoms with Gasteiger partial charge >= 0.3 is 5.97 Å². The van der Waals surface area contributed by atoms with E-state index in [2.05, 4.69) is 12.2 Å². The summed E-state index contributed by atoms with van der Waals surface area (Å²) in [6, 6.07) is 0. The topological polar surface area (TPSA) is 46.5 Å². The fourth-order valence-corrected chi connectivity index (χ4v) is 4.11. The minimum absolute atomic E-state index is 0.0472. The Morgan fingerprint density at radius 1 is 1.22 bits per heavy atom. The van der Waals surface area contributed by atoms with Crippen LogP contribution in [0.15, 0.2) is 12.2 Å². The summed E-state index contributed by atoms with van der Waals surface area (Å²) < 4.78 is 5.86.